The van der Waals surface area contributed by atoms with E-state index in [0.717, 1.165) is 17.0 Å². The van der Waals surface area contributed by atoms with Crippen LogP contribution in [0, 0.1) is 10.1 Å². The maximum Gasteiger partial charge on any atom is 0.270 e. The van der Waals surface area contributed by atoms with E-state index >= 15 is 0 Å². The van der Waals surface area contributed by atoms with Crippen molar-refractivity contribution in [2.24, 2.45) is 0 Å². The second-order valence-electron chi connectivity index (χ2n) is 5.46. The number of ether oxygens (including phenoxy) is 1. The van der Waals surface area contributed by atoms with Gasteiger partial charge in [0.15, 0.2) is 5.78 Å². The molecule has 1 heterocycles. The molecule has 0 aromatic heterocycles. The van der Waals surface area contributed by atoms with Crippen LogP contribution in [0.4, 0.5) is 5.69 Å². The summed E-state index contributed by atoms with van der Waals surface area (Å²) in [4.78, 5) is 48.2. The molecule has 8 nitrogen and oxygen atoms in total. The first-order valence-corrected chi connectivity index (χ1v) is 8.14. The molecule has 0 bridgehead atoms. The van der Waals surface area contributed by atoms with Gasteiger partial charge in [-0.15, -0.1) is 0 Å². The number of Topliss-reactive ketones (excluding diaryl/α,β-unsaturated/α-hetero) is 1. The van der Waals surface area contributed by atoms with Crippen molar-refractivity contribution in [3.05, 3.63) is 67.7 Å². The molecule has 132 valence electrons. The Balaban J connectivity index is 1.85. The average molecular weight is 419 g/mol. The number of methoxy groups -OCH3 is 1. The van der Waals surface area contributed by atoms with Crippen molar-refractivity contribution in [1.29, 1.82) is 0 Å². The van der Waals surface area contributed by atoms with E-state index < -0.39 is 29.1 Å². The number of rotatable bonds is 5. The van der Waals surface area contributed by atoms with Crippen LogP contribution in [-0.4, -0.2) is 41.1 Å². The zero-order valence-corrected chi connectivity index (χ0v) is 15.0. The lowest BCUT2D eigenvalue weighted by Gasteiger charge is -2.13. The Kier molecular flexibility index (Phi) is 4.56. The number of nitro groups is 1. The molecule has 0 unspecified atom stereocenters. The molecule has 0 atom stereocenters. The standard InChI is InChI=1S/C17H11BrN2O6/c1-26-15-5-2-9(6-13(15)18)14(21)8-19-16(22)11-4-3-10(20(24)25)7-12(11)17(19)23/h2-7H,8H2,1H3. The minimum atomic E-state index is -0.727. The molecular formula is C17H11BrN2O6. The van der Waals surface area contributed by atoms with Crippen molar-refractivity contribution in [2.45, 2.75) is 0 Å². The Morgan fingerprint density at radius 2 is 1.85 bits per heavy atom. The van der Waals surface area contributed by atoms with Gasteiger partial charge in [0.2, 0.25) is 0 Å². The zero-order chi connectivity index (χ0) is 19.0. The van der Waals surface area contributed by atoms with Gasteiger partial charge in [0.05, 0.1) is 34.2 Å². The Hall–Kier alpha value is -3.07. The van der Waals surface area contributed by atoms with E-state index in [4.69, 9.17) is 4.74 Å². The van der Waals surface area contributed by atoms with Gasteiger partial charge in [0.25, 0.3) is 17.5 Å². The first kappa shape index (κ1) is 17.7. The van der Waals surface area contributed by atoms with Crippen molar-refractivity contribution in [3.63, 3.8) is 0 Å². The van der Waals surface area contributed by atoms with Gasteiger partial charge in [-0.2, -0.15) is 0 Å². The van der Waals surface area contributed by atoms with Gasteiger partial charge in [-0.1, -0.05) is 0 Å². The number of hydrogen-bond donors (Lipinski definition) is 0. The number of amides is 2. The maximum absolute atomic E-state index is 12.5. The predicted octanol–water partition coefficient (Wildman–Crippen LogP) is 2.84. The molecule has 1 aliphatic heterocycles. The maximum atomic E-state index is 12.5. The predicted molar refractivity (Wildman–Crippen MR) is 93.5 cm³/mol. The molecule has 2 amide bonds. The SMILES string of the molecule is COc1ccc(C(=O)CN2C(=O)c3ccc([N+](=O)[O-])cc3C2=O)cc1Br. The van der Waals surface area contributed by atoms with Crippen LogP contribution in [0.1, 0.15) is 31.1 Å². The molecule has 0 saturated heterocycles. The molecule has 26 heavy (non-hydrogen) atoms. The summed E-state index contributed by atoms with van der Waals surface area (Å²) in [6, 6.07) is 8.06. The van der Waals surface area contributed by atoms with Crippen LogP contribution in [0.25, 0.3) is 0 Å². The summed E-state index contributed by atoms with van der Waals surface area (Å²) in [7, 11) is 1.49. The topological polar surface area (TPSA) is 107 Å². The van der Waals surface area contributed by atoms with Gasteiger partial charge in [0.1, 0.15) is 5.75 Å². The number of fused-ring (bicyclic) bond motifs is 1. The molecule has 0 spiro atoms. The minimum Gasteiger partial charge on any atom is -0.496 e. The van der Waals surface area contributed by atoms with Crippen LogP contribution < -0.4 is 4.74 Å². The largest absolute Gasteiger partial charge is 0.496 e. The highest BCUT2D eigenvalue weighted by Gasteiger charge is 2.37. The van der Waals surface area contributed by atoms with Gasteiger partial charge in [-0.05, 0) is 40.2 Å². The Morgan fingerprint density at radius 1 is 1.15 bits per heavy atom. The first-order valence-electron chi connectivity index (χ1n) is 7.35. The lowest BCUT2D eigenvalue weighted by atomic mass is 10.1. The Morgan fingerprint density at radius 3 is 2.46 bits per heavy atom. The Bertz CT molecular complexity index is 972. The highest BCUT2D eigenvalue weighted by atomic mass is 79.9. The molecule has 0 saturated carbocycles. The van der Waals surface area contributed by atoms with E-state index in [9.17, 15) is 24.5 Å². The van der Waals surface area contributed by atoms with E-state index in [2.05, 4.69) is 15.9 Å². The van der Waals surface area contributed by atoms with Crippen molar-refractivity contribution in [1.82, 2.24) is 4.90 Å². The summed E-state index contributed by atoms with van der Waals surface area (Å²) < 4.78 is 5.65. The third-order valence-electron chi connectivity index (χ3n) is 3.94. The van der Waals surface area contributed by atoms with E-state index in [0.29, 0.717) is 15.8 Å². The lowest BCUT2D eigenvalue weighted by Crippen LogP contribution is -2.34. The molecule has 2 aromatic carbocycles. The minimum absolute atomic E-state index is 0.0457. The number of nitro benzene ring substituents is 1. The fraction of sp³-hybridized carbons (Fsp3) is 0.118. The summed E-state index contributed by atoms with van der Waals surface area (Å²) in [5.41, 5.74) is -0.0328. The number of imide groups is 1. The highest BCUT2D eigenvalue weighted by Crippen LogP contribution is 2.28. The number of non-ortho nitro benzene ring substituents is 1. The zero-order valence-electron chi connectivity index (χ0n) is 13.4. The summed E-state index contributed by atoms with van der Waals surface area (Å²) in [5, 5.41) is 10.8. The van der Waals surface area contributed by atoms with Crippen LogP contribution in [0.3, 0.4) is 0 Å². The molecule has 0 aliphatic carbocycles. The van der Waals surface area contributed by atoms with Gasteiger partial charge < -0.3 is 4.74 Å². The number of benzene rings is 2. The van der Waals surface area contributed by atoms with Gasteiger partial charge >= 0.3 is 0 Å². The number of carbonyl (C=O) groups excluding carboxylic acids is 3. The van der Waals surface area contributed by atoms with Gasteiger partial charge in [-0.25, -0.2) is 0 Å². The molecule has 0 radical (unpaired) electrons. The van der Waals surface area contributed by atoms with Crippen LogP contribution in [0.15, 0.2) is 40.9 Å². The van der Waals surface area contributed by atoms with E-state index in [-0.39, 0.29) is 16.8 Å². The van der Waals surface area contributed by atoms with Crippen molar-refractivity contribution in [3.8, 4) is 5.75 Å². The third kappa shape index (κ3) is 2.97. The number of hydrogen-bond acceptors (Lipinski definition) is 6. The molecule has 3 rings (SSSR count). The van der Waals surface area contributed by atoms with Crippen LogP contribution in [-0.2, 0) is 0 Å². The fourth-order valence-electron chi connectivity index (χ4n) is 2.61. The van der Waals surface area contributed by atoms with Crippen molar-refractivity contribution >= 4 is 39.2 Å². The summed E-state index contributed by atoms with van der Waals surface area (Å²) in [6.07, 6.45) is 0. The second-order valence-corrected chi connectivity index (χ2v) is 6.31. The van der Waals surface area contributed by atoms with Crippen LogP contribution >= 0.6 is 15.9 Å². The van der Waals surface area contributed by atoms with E-state index in [1.807, 2.05) is 0 Å². The average Bonchev–Trinajstić information content (AvgIpc) is 2.86. The molecular weight excluding hydrogens is 408 g/mol. The third-order valence-corrected chi connectivity index (χ3v) is 4.56. The quantitative estimate of drug-likeness (QED) is 0.319. The summed E-state index contributed by atoms with van der Waals surface area (Å²) >= 11 is 3.27. The summed E-state index contributed by atoms with van der Waals surface area (Å²) in [6.45, 7) is -0.459. The second kappa shape index (κ2) is 6.68. The number of ketones is 1. The molecule has 2 aromatic rings. The monoisotopic (exact) mass is 418 g/mol. The molecule has 1 aliphatic rings. The Labute approximate surface area is 155 Å². The van der Waals surface area contributed by atoms with Crippen LogP contribution in [0.5, 0.6) is 5.75 Å². The fourth-order valence-corrected chi connectivity index (χ4v) is 3.15. The number of carbonyl (C=O) groups is 3. The highest BCUT2D eigenvalue weighted by molar-refractivity contribution is 9.10. The smallest absolute Gasteiger partial charge is 0.270 e. The first-order chi connectivity index (χ1) is 12.3. The van der Waals surface area contributed by atoms with Gasteiger partial charge in [-0.3, -0.25) is 29.4 Å². The molecule has 0 N–H and O–H groups in total. The van der Waals surface area contributed by atoms with E-state index in [1.165, 1.54) is 25.3 Å². The molecule has 0 fully saturated rings. The molecule has 9 heteroatoms. The van der Waals surface area contributed by atoms with E-state index in [1.54, 1.807) is 6.07 Å². The number of nitrogens with zero attached hydrogens (tertiary/aromatic N) is 2. The van der Waals surface area contributed by atoms with Crippen molar-refractivity contribution < 1.29 is 24.0 Å². The van der Waals surface area contributed by atoms with Crippen molar-refractivity contribution in [2.75, 3.05) is 13.7 Å². The van der Waals surface area contributed by atoms with Crippen LogP contribution in [0.2, 0.25) is 0 Å². The number of halogens is 1. The summed E-state index contributed by atoms with van der Waals surface area (Å²) in [5.74, 6) is -1.29. The van der Waals surface area contributed by atoms with Gasteiger partial charge in [0, 0.05) is 17.7 Å². The normalized spacial score (nSPS) is 12.9. The lowest BCUT2D eigenvalue weighted by molar-refractivity contribution is -0.384.